The minimum absolute atomic E-state index is 0.199. The predicted octanol–water partition coefficient (Wildman–Crippen LogP) is 5.77. The average molecular weight is 456 g/mol. The van der Waals surface area contributed by atoms with E-state index in [0.29, 0.717) is 12.1 Å². The number of hydrogen-bond acceptors (Lipinski definition) is 4. The van der Waals surface area contributed by atoms with Gasteiger partial charge in [0.15, 0.2) is 0 Å². The predicted molar refractivity (Wildman–Crippen MR) is 127 cm³/mol. The van der Waals surface area contributed by atoms with Crippen molar-refractivity contribution < 1.29 is 9.18 Å². The van der Waals surface area contributed by atoms with Crippen LogP contribution >= 0.6 is 22.7 Å². The normalized spacial score (nSPS) is 15.3. The third-order valence-corrected chi connectivity index (χ3v) is 8.86. The van der Waals surface area contributed by atoms with E-state index >= 15 is 0 Å². The van der Waals surface area contributed by atoms with E-state index in [1.165, 1.54) is 45.4 Å². The molecular weight excluding hydrogens is 429 g/mol. The highest BCUT2D eigenvalue weighted by Gasteiger charge is 2.24. The van der Waals surface area contributed by atoms with Crippen LogP contribution < -0.4 is 16.0 Å². The number of fused-ring (bicyclic) bond motifs is 2. The molecule has 0 radical (unpaired) electrons. The smallest absolute Gasteiger partial charge is 0.320 e. The van der Waals surface area contributed by atoms with Gasteiger partial charge in [-0.3, -0.25) is 5.32 Å². The Morgan fingerprint density at radius 2 is 1.94 bits per heavy atom. The van der Waals surface area contributed by atoms with Crippen LogP contribution in [0.4, 0.5) is 14.2 Å². The topological polar surface area (TPSA) is 53.2 Å². The molecule has 4 nitrogen and oxygen atoms in total. The summed E-state index contributed by atoms with van der Waals surface area (Å²) in [5, 5.41) is 10.5. The molecule has 1 aliphatic carbocycles. The van der Waals surface area contributed by atoms with Gasteiger partial charge in [-0.25, -0.2) is 9.18 Å². The van der Waals surface area contributed by atoms with Crippen molar-refractivity contribution in [1.82, 2.24) is 10.6 Å². The number of halogens is 1. The van der Waals surface area contributed by atoms with Crippen molar-refractivity contribution in [2.75, 3.05) is 11.9 Å². The van der Waals surface area contributed by atoms with E-state index in [1.807, 2.05) is 12.1 Å². The van der Waals surface area contributed by atoms with Crippen LogP contribution in [0.5, 0.6) is 0 Å². The summed E-state index contributed by atoms with van der Waals surface area (Å²) in [6.07, 6.45) is 5.59. The van der Waals surface area contributed by atoms with Crippen molar-refractivity contribution in [1.29, 1.82) is 0 Å². The fourth-order valence-electron chi connectivity index (χ4n) is 4.61. The highest BCUT2D eigenvalue weighted by molar-refractivity contribution is 7.16. The number of carbonyl (C=O) groups is 1. The van der Waals surface area contributed by atoms with E-state index in [4.69, 9.17) is 0 Å². The summed E-state index contributed by atoms with van der Waals surface area (Å²) in [6, 6.07) is 6.69. The van der Waals surface area contributed by atoms with Crippen LogP contribution in [0.3, 0.4) is 0 Å². The number of benzene rings is 1. The first kappa shape index (κ1) is 20.7. The largest absolute Gasteiger partial charge is 0.334 e. The lowest BCUT2D eigenvalue weighted by atomic mass is 9.96. The standard InChI is InChI=1S/C24H26FN3OS2/c1-14-15-6-3-5-9-20(15)31-23(14)28-24(29)27-12-18-16-10-11-26-13-21(16)30-22(18)17-7-2-4-8-19(17)25/h2,4,7-8,26H,3,5-6,9-13H2,1H3,(H2,27,28,29). The lowest BCUT2D eigenvalue weighted by molar-refractivity contribution is 0.252. The highest BCUT2D eigenvalue weighted by Crippen LogP contribution is 2.40. The van der Waals surface area contributed by atoms with Gasteiger partial charge in [0.2, 0.25) is 0 Å². The maximum absolute atomic E-state index is 14.6. The van der Waals surface area contributed by atoms with Crippen LogP contribution in [0, 0.1) is 12.7 Å². The zero-order chi connectivity index (χ0) is 21.4. The third-order valence-electron chi connectivity index (χ3n) is 6.24. The molecule has 2 aliphatic rings. The van der Waals surface area contributed by atoms with Crippen LogP contribution in [0.15, 0.2) is 24.3 Å². The van der Waals surface area contributed by atoms with Crippen LogP contribution in [0.2, 0.25) is 0 Å². The lowest BCUT2D eigenvalue weighted by Gasteiger charge is -2.15. The van der Waals surface area contributed by atoms with E-state index < -0.39 is 0 Å². The van der Waals surface area contributed by atoms with Gasteiger partial charge in [0, 0.05) is 33.3 Å². The highest BCUT2D eigenvalue weighted by atomic mass is 32.1. The van der Waals surface area contributed by atoms with Gasteiger partial charge in [-0.05, 0) is 73.9 Å². The number of rotatable bonds is 4. The number of anilines is 1. The Labute approximate surface area is 189 Å². The Balaban J connectivity index is 1.37. The molecule has 1 aliphatic heterocycles. The van der Waals surface area contributed by atoms with Gasteiger partial charge < -0.3 is 10.6 Å². The molecular formula is C24H26FN3OS2. The fraction of sp³-hybridized carbons (Fsp3) is 0.375. The van der Waals surface area contributed by atoms with Gasteiger partial charge in [-0.2, -0.15) is 0 Å². The van der Waals surface area contributed by atoms with E-state index in [9.17, 15) is 9.18 Å². The van der Waals surface area contributed by atoms with Crippen molar-refractivity contribution in [3.8, 4) is 10.4 Å². The van der Waals surface area contributed by atoms with Gasteiger partial charge in [-0.15, -0.1) is 22.7 Å². The second kappa shape index (κ2) is 8.73. The van der Waals surface area contributed by atoms with Crippen molar-refractivity contribution in [2.45, 2.75) is 52.1 Å². The summed E-state index contributed by atoms with van der Waals surface area (Å²) < 4.78 is 14.6. The second-order valence-electron chi connectivity index (χ2n) is 8.19. The summed E-state index contributed by atoms with van der Waals surface area (Å²) in [6.45, 7) is 4.20. The first-order valence-electron chi connectivity index (χ1n) is 10.9. The van der Waals surface area contributed by atoms with E-state index in [0.717, 1.165) is 47.8 Å². The quantitative estimate of drug-likeness (QED) is 0.468. The number of thiophene rings is 2. The van der Waals surface area contributed by atoms with Crippen molar-refractivity contribution in [3.63, 3.8) is 0 Å². The summed E-state index contributed by atoms with van der Waals surface area (Å²) >= 11 is 3.34. The lowest BCUT2D eigenvalue weighted by Crippen LogP contribution is -2.29. The molecule has 0 saturated carbocycles. The number of urea groups is 1. The Bertz CT molecular complexity index is 1130. The molecule has 7 heteroatoms. The molecule has 2 amide bonds. The minimum atomic E-state index is -0.223. The fourth-order valence-corrected chi connectivity index (χ4v) is 7.26. The van der Waals surface area contributed by atoms with Gasteiger partial charge in [-0.1, -0.05) is 18.2 Å². The monoisotopic (exact) mass is 455 g/mol. The number of aryl methyl sites for hydroxylation is 1. The number of carbonyl (C=O) groups excluding carboxylic acids is 1. The number of hydrogen-bond donors (Lipinski definition) is 3. The maximum atomic E-state index is 14.6. The molecule has 0 saturated heterocycles. The molecule has 0 atom stereocenters. The van der Waals surface area contributed by atoms with Crippen LogP contribution in [-0.2, 0) is 32.4 Å². The molecule has 0 spiro atoms. The summed E-state index contributed by atoms with van der Waals surface area (Å²) in [5.41, 5.74) is 5.54. The van der Waals surface area contributed by atoms with Gasteiger partial charge in [0.25, 0.3) is 0 Å². The molecule has 3 N–H and O–H groups in total. The van der Waals surface area contributed by atoms with Crippen molar-refractivity contribution in [2.24, 2.45) is 0 Å². The Morgan fingerprint density at radius 3 is 2.77 bits per heavy atom. The van der Waals surface area contributed by atoms with E-state index in [1.54, 1.807) is 28.7 Å². The second-order valence-corrected chi connectivity index (χ2v) is 10.4. The summed E-state index contributed by atoms with van der Waals surface area (Å²) in [7, 11) is 0. The first-order valence-corrected chi connectivity index (χ1v) is 12.5. The maximum Gasteiger partial charge on any atom is 0.320 e. The third kappa shape index (κ3) is 4.02. The van der Waals surface area contributed by atoms with Gasteiger partial charge in [0.1, 0.15) is 5.82 Å². The molecule has 3 heterocycles. The SMILES string of the molecule is Cc1c(NC(=O)NCc2c(-c3ccccc3F)sc3c2CCNC3)sc2c1CCCC2. The molecule has 31 heavy (non-hydrogen) atoms. The molecule has 162 valence electrons. The van der Waals surface area contributed by atoms with Gasteiger partial charge in [0.05, 0.1) is 5.00 Å². The zero-order valence-corrected chi connectivity index (χ0v) is 19.2. The molecule has 0 bridgehead atoms. The Kier molecular flexibility index (Phi) is 5.82. The Hall–Kier alpha value is -2.22. The molecule has 5 rings (SSSR count). The van der Waals surface area contributed by atoms with E-state index in [2.05, 4.69) is 22.9 Å². The molecule has 3 aromatic rings. The van der Waals surface area contributed by atoms with E-state index in [-0.39, 0.29) is 11.8 Å². The minimum Gasteiger partial charge on any atom is -0.334 e. The average Bonchev–Trinajstić information content (AvgIpc) is 3.30. The zero-order valence-electron chi connectivity index (χ0n) is 17.6. The molecule has 0 fully saturated rings. The molecule has 2 aromatic heterocycles. The van der Waals surface area contributed by atoms with Crippen molar-refractivity contribution in [3.05, 3.63) is 62.1 Å². The summed E-state index contributed by atoms with van der Waals surface area (Å²) in [5.74, 6) is -0.223. The van der Waals surface area contributed by atoms with Crippen LogP contribution in [-0.4, -0.2) is 12.6 Å². The number of nitrogens with one attached hydrogen (secondary N) is 3. The van der Waals surface area contributed by atoms with Crippen molar-refractivity contribution >= 4 is 33.7 Å². The number of amides is 2. The molecule has 1 aromatic carbocycles. The summed E-state index contributed by atoms with van der Waals surface area (Å²) in [4.78, 5) is 16.3. The Morgan fingerprint density at radius 1 is 1.10 bits per heavy atom. The van der Waals surface area contributed by atoms with Crippen LogP contribution in [0.25, 0.3) is 10.4 Å². The van der Waals surface area contributed by atoms with Gasteiger partial charge >= 0.3 is 6.03 Å². The molecule has 0 unspecified atom stereocenters. The van der Waals surface area contributed by atoms with Crippen LogP contribution in [0.1, 0.15) is 44.8 Å². The first-order chi connectivity index (χ1) is 15.1.